The molecule has 0 nitrogen and oxygen atoms in total. The Morgan fingerprint density at radius 2 is 0.923 bits per heavy atom. The first-order valence-electron chi connectivity index (χ1n) is 6.30. The molecular weight excluding hydrogens is 156 g/mol. The van der Waals surface area contributed by atoms with Crippen LogP contribution >= 0.6 is 0 Å². The minimum Gasteiger partial charge on any atom is -0.0530 e. The van der Waals surface area contributed by atoms with E-state index < -0.39 is 0 Å². The van der Waals surface area contributed by atoms with Crippen LogP contribution < -0.4 is 0 Å². The molecule has 13 heavy (non-hydrogen) atoms. The lowest BCUT2D eigenvalue weighted by Gasteiger charge is -2.21. The van der Waals surface area contributed by atoms with Gasteiger partial charge in [0, 0.05) is 0 Å². The summed E-state index contributed by atoms with van der Waals surface area (Å²) in [6.07, 6.45) is 17.7. The summed E-state index contributed by atoms with van der Waals surface area (Å²) in [6.45, 7) is 0. The molecule has 2 saturated carbocycles. The topological polar surface area (TPSA) is 0 Å². The van der Waals surface area contributed by atoms with Gasteiger partial charge in [0.25, 0.3) is 0 Å². The van der Waals surface area contributed by atoms with Crippen molar-refractivity contribution in [3.8, 4) is 0 Å². The number of hydrogen-bond donors (Lipinski definition) is 0. The highest BCUT2D eigenvalue weighted by atomic mass is 14.3. The zero-order valence-corrected chi connectivity index (χ0v) is 8.80. The van der Waals surface area contributed by atoms with Gasteiger partial charge < -0.3 is 0 Å². The fourth-order valence-electron chi connectivity index (χ4n) is 3.04. The molecular formula is C13H23+. The second-order valence-corrected chi connectivity index (χ2v) is 4.99. The summed E-state index contributed by atoms with van der Waals surface area (Å²) < 4.78 is 0. The molecule has 0 saturated heterocycles. The van der Waals surface area contributed by atoms with E-state index in [2.05, 4.69) is 6.42 Å². The number of hydrogen-bond acceptors (Lipinski definition) is 0. The molecule has 0 atom stereocenters. The highest BCUT2D eigenvalue weighted by molar-refractivity contribution is 4.86. The lowest BCUT2D eigenvalue weighted by atomic mass is 9.78. The van der Waals surface area contributed by atoms with Crippen molar-refractivity contribution in [3.05, 3.63) is 6.42 Å². The average Bonchev–Trinajstić information content (AvgIpc) is 2.21. The molecule has 2 rings (SSSR count). The van der Waals surface area contributed by atoms with Crippen molar-refractivity contribution in [2.45, 2.75) is 64.2 Å². The molecule has 0 aromatic heterocycles. The Bertz CT molecular complexity index is 111. The minimum absolute atomic E-state index is 0.997. The van der Waals surface area contributed by atoms with Gasteiger partial charge in [0.05, 0.1) is 18.3 Å². The van der Waals surface area contributed by atoms with Gasteiger partial charge in [-0.25, -0.2) is 0 Å². The summed E-state index contributed by atoms with van der Waals surface area (Å²) in [4.78, 5) is 0. The van der Waals surface area contributed by atoms with Crippen molar-refractivity contribution in [1.82, 2.24) is 0 Å². The average molecular weight is 179 g/mol. The predicted molar refractivity (Wildman–Crippen MR) is 57.5 cm³/mol. The first kappa shape index (κ1) is 9.43. The molecule has 0 bridgehead atoms. The van der Waals surface area contributed by atoms with Crippen LogP contribution in [0.15, 0.2) is 0 Å². The molecule has 0 heteroatoms. The molecule has 2 aliphatic carbocycles. The molecule has 0 aromatic carbocycles. The Balaban J connectivity index is 1.69. The maximum absolute atomic E-state index is 2.72. The molecule has 0 radical (unpaired) electrons. The number of rotatable bonds is 2. The van der Waals surface area contributed by atoms with Crippen molar-refractivity contribution < 1.29 is 0 Å². The predicted octanol–water partition coefficient (Wildman–Crippen LogP) is 4.35. The zero-order chi connectivity index (χ0) is 8.93. The normalized spacial score (nSPS) is 27.4. The van der Waals surface area contributed by atoms with Gasteiger partial charge in [0.1, 0.15) is 0 Å². The fourth-order valence-corrected chi connectivity index (χ4v) is 3.04. The highest BCUT2D eigenvalue weighted by Crippen LogP contribution is 2.34. The molecule has 2 fully saturated rings. The van der Waals surface area contributed by atoms with Crippen LogP contribution in [0.25, 0.3) is 0 Å². The van der Waals surface area contributed by atoms with Crippen LogP contribution in [0.2, 0.25) is 0 Å². The second-order valence-electron chi connectivity index (χ2n) is 4.99. The zero-order valence-electron chi connectivity index (χ0n) is 8.80. The Morgan fingerprint density at radius 1 is 0.538 bits per heavy atom. The second kappa shape index (κ2) is 4.93. The summed E-state index contributed by atoms with van der Waals surface area (Å²) in [5.41, 5.74) is 0. The van der Waals surface area contributed by atoms with Crippen molar-refractivity contribution >= 4 is 0 Å². The summed E-state index contributed by atoms with van der Waals surface area (Å²) >= 11 is 0. The van der Waals surface area contributed by atoms with E-state index >= 15 is 0 Å². The van der Waals surface area contributed by atoms with Crippen LogP contribution in [0, 0.1) is 18.3 Å². The molecule has 0 heterocycles. The fraction of sp³-hybridized carbons (Fsp3) is 0.923. The molecule has 0 spiro atoms. The van der Waals surface area contributed by atoms with Crippen LogP contribution in [-0.2, 0) is 0 Å². The Morgan fingerprint density at radius 3 is 1.31 bits per heavy atom. The molecule has 0 N–H and O–H groups in total. The van der Waals surface area contributed by atoms with E-state index in [9.17, 15) is 0 Å². The van der Waals surface area contributed by atoms with Gasteiger partial charge in [-0.2, -0.15) is 0 Å². The highest BCUT2D eigenvalue weighted by Gasteiger charge is 2.28. The van der Waals surface area contributed by atoms with E-state index in [0.29, 0.717) is 0 Å². The van der Waals surface area contributed by atoms with Gasteiger partial charge in [0.15, 0.2) is 0 Å². The van der Waals surface area contributed by atoms with Crippen LogP contribution in [0.3, 0.4) is 0 Å². The van der Waals surface area contributed by atoms with Crippen LogP contribution in [-0.4, -0.2) is 0 Å². The van der Waals surface area contributed by atoms with E-state index in [-0.39, 0.29) is 0 Å². The molecule has 0 unspecified atom stereocenters. The van der Waals surface area contributed by atoms with Gasteiger partial charge in [-0.15, -0.1) is 0 Å². The van der Waals surface area contributed by atoms with Crippen molar-refractivity contribution in [3.63, 3.8) is 0 Å². The molecule has 2 aliphatic rings. The SMILES string of the molecule is [CH+](C1CCCCC1)C1CCCCC1. The standard InChI is InChI=1S/C13H23/c1-3-7-12(8-4-1)11-13-9-5-2-6-10-13/h11-13H,1-10H2/q+1. The van der Waals surface area contributed by atoms with Crippen LogP contribution in [0.5, 0.6) is 0 Å². The van der Waals surface area contributed by atoms with E-state index in [4.69, 9.17) is 0 Å². The Hall–Kier alpha value is -0.130. The largest absolute Gasteiger partial charge is 0.0980 e. The quantitative estimate of drug-likeness (QED) is 0.553. The third-order valence-corrected chi connectivity index (χ3v) is 3.84. The lowest BCUT2D eigenvalue weighted by molar-refractivity contribution is 0.319. The van der Waals surface area contributed by atoms with Gasteiger partial charge in [-0.3, -0.25) is 0 Å². The van der Waals surface area contributed by atoms with Crippen molar-refractivity contribution in [1.29, 1.82) is 0 Å². The van der Waals surface area contributed by atoms with Crippen LogP contribution in [0.4, 0.5) is 0 Å². The molecule has 0 aromatic rings. The maximum Gasteiger partial charge on any atom is 0.0980 e. The Labute approximate surface area is 83.1 Å². The molecule has 74 valence electrons. The lowest BCUT2D eigenvalue weighted by Crippen LogP contribution is -2.15. The van der Waals surface area contributed by atoms with E-state index in [1.54, 1.807) is 0 Å². The van der Waals surface area contributed by atoms with Gasteiger partial charge in [-0.05, 0) is 51.4 Å². The Kier molecular flexibility index (Phi) is 3.57. The van der Waals surface area contributed by atoms with Crippen molar-refractivity contribution in [2.24, 2.45) is 11.8 Å². The van der Waals surface area contributed by atoms with Gasteiger partial charge >= 0.3 is 0 Å². The molecule has 0 amide bonds. The first-order chi connectivity index (χ1) is 6.45. The minimum atomic E-state index is 0.997. The molecule has 0 aliphatic heterocycles. The van der Waals surface area contributed by atoms with E-state index in [1.807, 2.05) is 0 Å². The third kappa shape index (κ3) is 2.93. The summed E-state index contributed by atoms with van der Waals surface area (Å²) in [5, 5.41) is 0. The maximum atomic E-state index is 2.72. The van der Waals surface area contributed by atoms with Gasteiger partial charge in [0.2, 0.25) is 0 Å². The van der Waals surface area contributed by atoms with E-state index in [1.165, 1.54) is 64.2 Å². The summed E-state index contributed by atoms with van der Waals surface area (Å²) in [7, 11) is 0. The van der Waals surface area contributed by atoms with E-state index in [0.717, 1.165) is 11.8 Å². The summed E-state index contributed by atoms with van der Waals surface area (Å²) in [6, 6.07) is 0. The first-order valence-corrected chi connectivity index (χ1v) is 6.30. The van der Waals surface area contributed by atoms with Crippen molar-refractivity contribution in [2.75, 3.05) is 0 Å². The smallest absolute Gasteiger partial charge is 0.0530 e. The van der Waals surface area contributed by atoms with Crippen LogP contribution in [0.1, 0.15) is 64.2 Å². The monoisotopic (exact) mass is 179 g/mol. The van der Waals surface area contributed by atoms with Gasteiger partial charge in [-0.1, -0.05) is 12.8 Å². The third-order valence-electron chi connectivity index (χ3n) is 3.84. The summed E-state index contributed by atoms with van der Waals surface area (Å²) in [5.74, 6) is 1.99.